The van der Waals surface area contributed by atoms with Crippen LogP contribution in [-0.4, -0.2) is 29.6 Å². The number of primary amides is 1. The average molecular weight is 226 g/mol. The Kier molecular flexibility index (Phi) is 4.53. The Morgan fingerprint density at radius 1 is 1.56 bits per heavy atom. The number of nitrogens with two attached hydrogens (primary N) is 1. The third-order valence-electron chi connectivity index (χ3n) is 2.00. The first kappa shape index (κ1) is 12.3. The third-order valence-corrected chi connectivity index (χ3v) is 2.00. The number of carbonyl (C=O) groups excluding carboxylic acids is 2. The first-order valence-electron chi connectivity index (χ1n) is 4.86. The molecule has 2 amide bonds. The normalized spacial score (nSPS) is 12.1. The molecule has 0 aliphatic rings. The van der Waals surface area contributed by atoms with Crippen molar-refractivity contribution in [2.24, 2.45) is 5.73 Å². The Hall–Kier alpha value is -1.82. The van der Waals surface area contributed by atoms with Gasteiger partial charge in [-0.05, 0) is 12.1 Å². The second-order valence-corrected chi connectivity index (χ2v) is 3.30. The molecule has 16 heavy (non-hydrogen) atoms. The van der Waals surface area contributed by atoms with E-state index in [0.29, 0.717) is 12.2 Å². The quantitative estimate of drug-likeness (QED) is 0.589. The number of furan rings is 1. The van der Waals surface area contributed by atoms with E-state index in [4.69, 9.17) is 15.3 Å². The summed E-state index contributed by atoms with van der Waals surface area (Å²) in [6.45, 7) is -0.160. The minimum absolute atomic E-state index is 0.160. The Bertz CT molecular complexity index is 348. The largest absolute Gasteiger partial charge is 0.469 e. The van der Waals surface area contributed by atoms with E-state index in [1.165, 1.54) is 6.26 Å². The summed E-state index contributed by atoms with van der Waals surface area (Å²) >= 11 is 0. The highest BCUT2D eigenvalue weighted by Crippen LogP contribution is 2.03. The number of rotatable bonds is 6. The average Bonchev–Trinajstić information content (AvgIpc) is 2.75. The molecule has 88 valence electrons. The van der Waals surface area contributed by atoms with E-state index < -0.39 is 12.0 Å². The second-order valence-electron chi connectivity index (χ2n) is 3.30. The van der Waals surface area contributed by atoms with Gasteiger partial charge in [0.1, 0.15) is 11.9 Å². The van der Waals surface area contributed by atoms with Crippen LogP contribution in [0.15, 0.2) is 22.8 Å². The van der Waals surface area contributed by atoms with Crippen LogP contribution in [0.1, 0.15) is 12.2 Å². The molecule has 1 aromatic heterocycles. The number of hydrogen-bond acceptors (Lipinski definition) is 4. The van der Waals surface area contributed by atoms with Crippen molar-refractivity contribution >= 4 is 11.8 Å². The first-order chi connectivity index (χ1) is 7.59. The number of aliphatic hydroxyl groups excluding tert-OH is 1. The zero-order valence-electron chi connectivity index (χ0n) is 8.68. The summed E-state index contributed by atoms with van der Waals surface area (Å²) < 4.78 is 5.04. The third kappa shape index (κ3) is 4.14. The number of amides is 2. The van der Waals surface area contributed by atoms with Gasteiger partial charge in [0.05, 0.1) is 12.8 Å². The van der Waals surface area contributed by atoms with E-state index in [0.717, 1.165) is 0 Å². The van der Waals surface area contributed by atoms with Gasteiger partial charge < -0.3 is 20.6 Å². The fourth-order valence-corrected chi connectivity index (χ4v) is 1.09. The number of carbonyl (C=O) groups is 2. The first-order valence-corrected chi connectivity index (χ1v) is 4.86. The molecule has 0 radical (unpaired) electrons. The van der Waals surface area contributed by atoms with Crippen LogP contribution in [0.3, 0.4) is 0 Å². The Morgan fingerprint density at radius 2 is 2.31 bits per heavy atom. The molecule has 0 saturated carbocycles. The molecule has 1 rings (SSSR count). The number of aliphatic hydroxyl groups is 1. The second kappa shape index (κ2) is 5.92. The Labute approximate surface area is 92.4 Å². The molecule has 0 fully saturated rings. The van der Waals surface area contributed by atoms with Gasteiger partial charge in [-0.25, -0.2) is 0 Å². The van der Waals surface area contributed by atoms with Crippen LogP contribution in [0.25, 0.3) is 0 Å². The highest BCUT2D eigenvalue weighted by molar-refractivity contribution is 5.80. The van der Waals surface area contributed by atoms with Crippen LogP contribution in [0.5, 0.6) is 0 Å². The van der Waals surface area contributed by atoms with E-state index in [-0.39, 0.29) is 18.9 Å². The molecule has 1 unspecified atom stereocenters. The molecule has 0 bridgehead atoms. The van der Waals surface area contributed by atoms with Crippen LogP contribution in [0.2, 0.25) is 0 Å². The molecule has 0 aromatic carbocycles. The van der Waals surface area contributed by atoms with Gasteiger partial charge in [0.2, 0.25) is 11.8 Å². The minimum atomic E-state index is -1.34. The van der Waals surface area contributed by atoms with Gasteiger partial charge in [0.25, 0.3) is 0 Å². The topological polar surface area (TPSA) is 106 Å². The summed E-state index contributed by atoms with van der Waals surface area (Å²) in [6.07, 6.45) is 0.904. The van der Waals surface area contributed by atoms with Gasteiger partial charge in [-0.15, -0.1) is 0 Å². The van der Waals surface area contributed by atoms with E-state index in [2.05, 4.69) is 5.32 Å². The molecule has 6 nitrogen and oxygen atoms in total. The molecule has 0 aliphatic heterocycles. The highest BCUT2D eigenvalue weighted by Gasteiger charge is 2.12. The van der Waals surface area contributed by atoms with Gasteiger partial charge in [-0.3, -0.25) is 9.59 Å². The van der Waals surface area contributed by atoms with Crippen molar-refractivity contribution in [3.8, 4) is 0 Å². The maximum atomic E-state index is 11.2. The lowest BCUT2D eigenvalue weighted by Gasteiger charge is -2.07. The van der Waals surface area contributed by atoms with Crippen molar-refractivity contribution in [3.63, 3.8) is 0 Å². The number of hydrogen-bond donors (Lipinski definition) is 3. The summed E-state index contributed by atoms with van der Waals surface area (Å²) in [4.78, 5) is 21.7. The van der Waals surface area contributed by atoms with Gasteiger partial charge >= 0.3 is 0 Å². The minimum Gasteiger partial charge on any atom is -0.469 e. The van der Waals surface area contributed by atoms with Crippen LogP contribution < -0.4 is 11.1 Å². The summed E-state index contributed by atoms with van der Waals surface area (Å²) in [7, 11) is 0. The van der Waals surface area contributed by atoms with E-state index >= 15 is 0 Å². The van der Waals surface area contributed by atoms with Crippen LogP contribution in [0.4, 0.5) is 0 Å². The summed E-state index contributed by atoms with van der Waals surface area (Å²) in [6, 6.07) is 3.51. The summed E-state index contributed by atoms with van der Waals surface area (Å²) in [5.74, 6) is -0.409. The Balaban J connectivity index is 2.19. The molecule has 1 aromatic rings. The monoisotopic (exact) mass is 226 g/mol. The molecule has 4 N–H and O–H groups in total. The van der Waals surface area contributed by atoms with Crippen molar-refractivity contribution < 1.29 is 19.1 Å². The molecule has 1 heterocycles. The maximum absolute atomic E-state index is 11.2. The van der Waals surface area contributed by atoms with Crippen LogP contribution in [0, 0.1) is 0 Å². The predicted octanol–water partition coefficient (Wildman–Crippen LogP) is -0.825. The lowest BCUT2D eigenvalue weighted by atomic mass is 10.2. The molecule has 1 atom stereocenters. The molecular formula is C10H14N2O4. The van der Waals surface area contributed by atoms with Crippen molar-refractivity contribution in [1.29, 1.82) is 0 Å². The number of aryl methyl sites for hydroxylation is 1. The van der Waals surface area contributed by atoms with Crippen LogP contribution in [-0.2, 0) is 16.0 Å². The highest BCUT2D eigenvalue weighted by atomic mass is 16.3. The predicted molar refractivity (Wildman–Crippen MR) is 55.2 cm³/mol. The van der Waals surface area contributed by atoms with Gasteiger partial charge in [0, 0.05) is 12.8 Å². The molecule has 0 spiro atoms. The zero-order chi connectivity index (χ0) is 12.0. The van der Waals surface area contributed by atoms with Crippen molar-refractivity contribution in [1.82, 2.24) is 5.32 Å². The zero-order valence-corrected chi connectivity index (χ0v) is 8.68. The van der Waals surface area contributed by atoms with E-state index in [1.807, 2.05) is 0 Å². The van der Waals surface area contributed by atoms with Crippen LogP contribution >= 0.6 is 0 Å². The fourth-order valence-electron chi connectivity index (χ4n) is 1.09. The Morgan fingerprint density at radius 3 is 2.88 bits per heavy atom. The SMILES string of the molecule is NC(=O)C(O)CNC(=O)CCc1ccco1. The van der Waals surface area contributed by atoms with E-state index in [9.17, 15) is 9.59 Å². The smallest absolute Gasteiger partial charge is 0.248 e. The lowest BCUT2D eigenvalue weighted by Crippen LogP contribution is -2.40. The van der Waals surface area contributed by atoms with Gasteiger partial charge in [-0.1, -0.05) is 0 Å². The summed E-state index contributed by atoms with van der Waals surface area (Å²) in [5.41, 5.74) is 4.82. The van der Waals surface area contributed by atoms with Crippen molar-refractivity contribution in [2.75, 3.05) is 6.54 Å². The lowest BCUT2D eigenvalue weighted by molar-refractivity contribution is -0.127. The fraction of sp³-hybridized carbons (Fsp3) is 0.400. The van der Waals surface area contributed by atoms with Crippen molar-refractivity contribution in [3.05, 3.63) is 24.2 Å². The maximum Gasteiger partial charge on any atom is 0.248 e. The van der Waals surface area contributed by atoms with Gasteiger partial charge in [-0.2, -0.15) is 0 Å². The van der Waals surface area contributed by atoms with Gasteiger partial charge in [0.15, 0.2) is 0 Å². The molecule has 0 saturated heterocycles. The standard InChI is InChI=1S/C10H14N2O4/c11-10(15)8(13)6-12-9(14)4-3-7-2-1-5-16-7/h1-2,5,8,13H,3-4,6H2,(H2,11,15)(H,12,14). The van der Waals surface area contributed by atoms with Crippen molar-refractivity contribution in [2.45, 2.75) is 18.9 Å². The van der Waals surface area contributed by atoms with E-state index in [1.54, 1.807) is 12.1 Å². The number of nitrogens with one attached hydrogen (secondary N) is 1. The summed E-state index contributed by atoms with van der Waals surface area (Å²) in [5, 5.41) is 11.4. The molecular weight excluding hydrogens is 212 g/mol. The molecule has 0 aliphatic carbocycles. The molecule has 6 heteroatoms.